The molecular formula is C22H35NOS. The van der Waals surface area contributed by atoms with Gasteiger partial charge < -0.3 is 10.8 Å². The summed E-state index contributed by atoms with van der Waals surface area (Å²) >= 11 is 2.15. The van der Waals surface area contributed by atoms with Crippen molar-refractivity contribution < 1.29 is 5.11 Å². The highest BCUT2D eigenvalue weighted by atomic mass is 32.2. The van der Waals surface area contributed by atoms with Crippen LogP contribution in [0.15, 0.2) is 18.2 Å². The zero-order valence-corrected chi connectivity index (χ0v) is 16.8. The van der Waals surface area contributed by atoms with E-state index in [1.54, 1.807) is 11.1 Å². The van der Waals surface area contributed by atoms with Crippen LogP contribution < -0.4 is 5.73 Å². The molecule has 0 bridgehead atoms. The van der Waals surface area contributed by atoms with E-state index in [0.717, 1.165) is 31.1 Å². The second-order valence-electron chi connectivity index (χ2n) is 8.85. The molecule has 2 aliphatic rings. The van der Waals surface area contributed by atoms with Crippen LogP contribution in [0.1, 0.15) is 68.6 Å². The van der Waals surface area contributed by atoms with Gasteiger partial charge in [0.2, 0.25) is 0 Å². The lowest BCUT2D eigenvalue weighted by molar-refractivity contribution is 0.198. The van der Waals surface area contributed by atoms with Gasteiger partial charge in [-0.1, -0.05) is 32.0 Å². The van der Waals surface area contributed by atoms with Crippen molar-refractivity contribution in [1.82, 2.24) is 0 Å². The molecule has 0 aliphatic heterocycles. The fraction of sp³-hybridized carbons (Fsp3) is 0.727. The lowest BCUT2D eigenvalue weighted by Gasteiger charge is -2.26. The van der Waals surface area contributed by atoms with E-state index in [2.05, 4.69) is 43.8 Å². The van der Waals surface area contributed by atoms with E-state index in [4.69, 9.17) is 5.73 Å². The molecular weight excluding hydrogens is 326 g/mol. The van der Waals surface area contributed by atoms with Gasteiger partial charge in [-0.05, 0) is 90.9 Å². The quantitative estimate of drug-likeness (QED) is 0.702. The number of nitrogens with two attached hydrogens (primary N) is 1. The number of thioether (sulfide) groups is 1. The average molecular weight is 362 g/mol. The Hall–Kier alpha value is -0.510. The van der Waals surface area contributed by atoms with E-state index >= 15 is 0 Å². The maximum Gasteiger partial charge on any atom is 0.0611 e. The van der Waals surface area contributed by atoms with E-state index in [1.807, 2.05) is 0 Å². The molecule has 0 saturated heterocycles. The number of aliphatic hydroxyl groups excluding tert-OH is 1. The Morgan fingerprint density at radius 2 is 2.12 bits per heavy atom. The van der Waals surface area contributed by atoms with Crippen LogP contribution in [0.4, 0.5) is 0 Å². The lowest BCUT2D eigenvalue weighted by atomic mass is 9.82. The van der Waals surface area contributed by atoms with Crippen LogP contribution >= 0.6 is 11.8 Å². The minimum atomic E-state index is -0.348. The monoisotopic (exact) mass is 361 g/mol. The molecule has 1 fully saturated rings. The van der Waals surface area contributed by atoms with Gasteiger partial charge in [0, 0.05) is 5.54 Å². The summed E-state index contributed by atoms with van der Waals surface area (Å²) in [6.07, 6.45) is 8.16. The van der Waals surface area contributed by atoms with Crippen molar-refractivity contribution in [3.05, 3.63) is 34.9 Å². The lowest BCUT2D eigenvalue weighted by Crippen LogP contribution is -2.40. The molecule has 3 atom stereocenters. The molecule has 0 spiro atoms. The highest BCUT2D eigenvalue weighted by molar-refractivity contribution is 7.99. The number of hydrogen-bond acceptors (Lipinski definition) is 3. The van der Waals surface area contributed by atoms with Crippen LogP contribution in [-0.2, 0) is 12.8 Å². The zero-order chi connectivity index (χ0) is 17.9. The summed E-state index contributed by atoms with van der Waals surface area (Å²) in [5.41, 5.74) is 10.5. The van der Waals surface area contributed by atoms with Crippen LogP contribution in [-0.4, -0.2) is 28.8 Å². The number of benzene rings is 1. The first-order chi connectivity index (χ1) is 12.0. The third kappa shape index (κ3) is 5.02. The Bertz CT molecular complexity index is 573. The largest absolute Gasteiger partial charge is 0.394 e. The van der Waals surface area contributed by atoms with Crippen molar-refractivity contribution >= 4 is 11.8 Å². The van der Waals surface area contributed by atoms with Crippen LogP contribution in [0.2, 0.25) is 0 Å². The van der Waals surface area contributed by atoms with Gasteiger partial charge in [0.15, 0.2) is 0 Å². The molecule has 2 aliphatic carbocycles. The van der Waals surface area contributed by atoms with Crippen LogP contribution in [0.5, 0.6) is 0 Å². The summed E-state index contributed by atoms with van der Waals surface area (Å²) in [4.78, 5) is 0. The second kappa shape index (κ2) is 8.45. The van der Waals surface area contributed by atoms with Gasteiger partial charge >= 0.3 is 0 Å². The van der Waals surface area contributed by atoms with E-state index in [1.165, 1.54) is 42.8 Å². The first-order valence-electron chi connectivity index (χ1n) is 10.1. The highest BCUT2D eigenvalue weighted by Gasteiger charge is 2.36. The van der Waals surface area contributed by atoms with E-state index in [9.17, 15) is 5.11 Å². The van der Waals surface area contributed by atoms with Gasteiger partial charge in [0.1, 0.15) is 0 Å². The number of aryl methyl sites for hydroxylation is 1. The highest BCUT2D eigenvalue weighted by Crippen LogP contribution is 2.40. The maximum atomic E-state index is 9.50. The van der Waals surface area contributed by atoms with E-state index < -0.39 is 0 Å². The number of hydrogen-bond donors (Lipinski definition) is 2. The normalized spacial score (nSPS) is 29.2. The SMILES string of the molecule is CC(C)CCSCC1CCc2cc([C@H]3CC[C@](N)(CO)C3)ccc2C1. The second-order valence-corrected chi connectivity index (χ2v) is 10.0. The molecule has 25 heavy (non-hydrogen) atoms. The summed E-state index contributed by atoms with van der Waals surface area (Å²) in [7, 11) is 0. The van der Waals surface area contributed by atoms with Crippen LogP contribution in [0.25, 0.3) is 0 Å². The van der Waals surface area contributed by atoms with E-state index in [0.29, 0.717) is 5.92 Å². The number of rotatable bonds is 7. The van der Waals surface area contributed by atoms with Gasteiger partial charge in [0.25, 0.3) is 0 Å². The zero-order valence-electron chi connectivity index (χ0n) is 16.0. The Balaban J connectivity index is 1.55. The van der Waals surface area contributed by atoms with Crippen molar-refractivity contribution in [2.45, 2.75) is 70.3 Å². The number of aliphatic hydroxyl groups is 1. The molecule has 3 heteroatoms. The third-order valence-corrected chi connectivity index (χ3v) is 7.42. The number of fused-ring (bicyclic) bond motifs is 1. The van der Waals surface area contributed by atoms with Gasteiger partial charge in [-0.2, -0.15) is 11.8 Å². The summed E-state index contributed by atoms with van der Waals surface area (Å²) in [5, 5.41) is 9.50. The summed E-state index contributed by atoms with van der Waals surface area (Å²) in [6.45, 7) is 4.74. The Labute approximate surface area is 158 Å². The molecule has 140 valence electrons. The summed E-state index contributed by atoms with van der Waals surface area (Å²) < 4.78 is 0. The van der Waals surface area contributed by atoms with Crippen molar-refractivity contribution in [2.24, 2.45) is 17.6 Å². The molecule has 0 radical (unpaired) electrons. The molecule has 0 aromatic heterocycles. The van der Waals surface area contributed by atoms with Crippen molar-refractivity contribution in [2.75, 3.05) is 18.1 Å². The molecule has 3 N–H and O–H groups in total. The first-order valence-corrected chi connectivity index (χ1v) is 11.2. The molecule has 1 saturated carbocycles. The van der Waals surface area contributed by atoms with Gasteiger partial charge in [-0.25, -0.2) is 0 Å². The van der Waals surface area contributed by atoms with Crippen molar-refractivity contribution in [1.29, 1.82) is 0 Å². The molecule has 1 aromatic carbocycles. The fourth-order valence-electron chi connectivity index (χ4n) is 4.40. The Kier molecular flexibility index (Phi) is 6.51. The first kappa shape index (κ1) is 19.3. The van der Waals surface area contributed by atoms with Gasteiger partial charge in [0.05, 0.1) is 6.61 Å². The molecule has 1 aromatic rings. The minimum absolute atomic E-state index is 0.116. The molecule has 2 nitrogen and oxygen atoms in total. The molecule has 1 unspecified atom stereocenters. The van der Waals surface area contributed by atoms with Gasteiger partial charge in [-0.15, -0.1) is 0 Å². The standard InChI is InChI=1S/C22H35NOS/c1-16(2)8-10-25-14-17-3-4-19-12-20(6-5-18(19)11-17)21-7-9-22(23,13-21)15-24/h5-6,12,16-17,21,24H,3-4,7-11,13-15,23H2,1-2H3/t17?,21-,22+/m0/s1. The maximum absolute atomic E-state index is 9.50. The van der Waals surface area contributed by atoms with Crippen molar-refractivity contribution in [3.63, 3.8) is 0 Å². The topological polar surface area (TPSA) is 46.2 Å². The third-order valence-electron chi connectivity index (χ3n) is 6.18. The average Bonchev–Trinajstić information content (AvgIpc) is 3.01. The van der Waals surface area contributed by atoms with E-state index in [-0.39, 0.29) is 12.1 Å². The fourth-order valence-corrected chi connectivity index (χ4v) is 5.82. The van der Waals surface area contributed by atoms with Crippen LogP contribution in [0, 0.1) is 11.8 Å². The van der Waals surface area contributed by atoms with Gasteiger partial charge in [-0.3, -0.25) is 0 Å². The molecule has 0 heterocycles. The Morgan fingerprint density at radius 1 is 1.28 bits per heavy atom. The van der Waals surface area contributed by atoms with Crippen molar-refractivity contribution in [3.8, 4) is 0 Å². The van der Waals surface area contributed by atoms with Crippen LogP contribution in [0.3, 0.4) is 0 Å². The molecule has 0 amide bonds. The smallest absolute Gasteiger partial charge is 0.0611 e. The minimum Gasteiger partial charge on any atom is -0.394 e. The predicted octanol–water partition coefficient (Wildman–Crippen LogP) is 4.53. The summed E-state index contributed by atoms with van der Waals surface area (Å²) in [6, 6.07) is 7.16. The Morgan fingerprint density at radius 3 is 2.84 bits per heavy atom. The molecule has 3 rings (SSSR count). The summed E-state index contributed by atoms with van der Waals surface area (Å²) in [5.74, 6) is 4.85. The predicted molar refractivity (Wildman–Crippen MR) is 109 cm³/mol.